The van der Waals surface area contributed by atoms with Gasteiger partial charge in [-0.25, -0.2) is 9.97 Å². The maximum absolute atomic E-state index is 6.60. The van der Waals surface area contributed by atoms with Crippen LogP contribution >= 0.6 is 0 Å². The van der Waals surface area contributed by atoms with Crippen molar-refractivity contribution in [3.63, 3.8) is 0 Å². The van der Waals surface area contributed by atoms with Crippen LogP contribution in [-0.2, 0) is 0 Å². The lowest BCUT2D eigenvalue weighted by atomic mass is 9.96. The third kappa shape index (κ3) is 3.81. The largest absolute Gasteiger partial charge is 0.455 e. The monoisotopic (exact) mass is 637 g/mol. The van der Waals surface area contributed by atoms with E-state index < -0.39 is 0 Å². The highest BCUT2D eigenvalue weighted by molar-refractivity contribution is 6.35. The molecular formula is C46H27N3O. The van der Waals surface area contributed by atoms with Gasteiger partial charge in [-0.15, -0.1) is 0 Å². The van der Waals surface area contributed by atoms with Crippen LogP contribution in [-0.4, -0.2) is 14.5 Å². The Morgan fingerprint density at radius 3 is 1.94 bits per heavy atom. The van der Waals surface area contributed by atoms with E-state index in [1.54, 1.807) is 0 Å². The van der Waals surface area contributed by atoms with Crippen molar-refractivity contribution >= 4 is 76.2 Å². The summed E-state index contributed by atoms with van der Waals surface area (Å²) in [4.78, 5) is 10.7. The molecule has 3 heterocycles. The number of fused-ring (bicyclic) bond motifs is 12. The molecule has 4 nitrogen and oxygen atoms in total. The van der Waals surface area contributed by atoms with E-state index in [0.29, 0.717) is 5.95 Å². The predicted octanol–water partition coefficient (Wildman–Crippen LogP) is 12.3. The molecule has 11 aromatic rings. The van der Waals surface area contributed by atoms with Crippen molar-refractivity contribution in [3.05, 3.63) is 164 Å². The molecule has 0 amide bonds. The molecule has 8 aromatic carbocycles. The molecule has 0 radical (unpaired) electrons. The van der Waals surface area contributed by atoms with Gasteiger partial charge in [-0.1, -0.05) is 146 Å². The molecule has 0 saturated heterocycles. The van der Waals surface area contributed by atoms with Crippen LogP contribution in [0.15, 0.2) is 168 Å². The van der Waals surface area contributed by atoms with Crippen molar-refractivity contribution in [2.45, 2.75) is 0 Å². The zero-order valence-electron chi connectivity index (χ0n) is 26.8. The molecule has 0 aliphatic heterocycles. The topological polar surface area (TPSA) is 43.9 Å². The van der Waals surface area contributed by atoms with Gasteiger partial charge in [0.1, 0.15) is 11.2 Å². The number of aromatic nitrogens is 3. The first kappa shape index (κ1) is 27.2. The van der Waals surface area contributed by atoms with Gasteiger partial charge in [0.25, 0.3) is 0 Å². The van der Waals surface area contributed by atoms with Crippen LogP contribution in [0.4, 0.5) is 0 Å². The van der Waals surface area contributed by atoms with Crippen molar-refractivity contribution in [2.24, 2.45) is 0 Å². The standard InChI is InChI=1S/C46H27N3O/c1-2-14-31-28(12-1)13-11-20-32(31)29-24-26-30(27-25-29)43-35-17-5-8-21-38(35)47-46(48-43)49-39-22-9-6-18-36(39)41-42-37-19-7-10-23-40(37)50-45(42)34-16-4-3-15-33(34)44(41)49/h1-27H. The van der Waals surface area contributed by atoms with Crippen molar-refractivity contribution in [3.8, 4) is 28.3 Å². The number of furan rings is 1. The maximum atomic E-state index is 6.60. The average molecular weight is 638 g/mol. The van der Waals surface area contributed by atoms with Crippen LogP contribution in [0.3, 0.4) is 0 Å². The summed E-state index contributed by atoms with van der Waals surface area (Å²) >= 11 is 0. The molecule has 0 atom stereocenters. The smallest absolute Gasteiger partial charge is 0.235 e. The molecule has 0 aliphatic rings. The van der Waals surface area contributed by atoms with E-state index in [1.165, 1.54) is 21.9 Å². The first-order valence-corrected chi connectivity index (χ1v) is 16.9. The second-order valence-electron chi connectivity index (χ2n) is 12.9. The van der Waals surface area contributed by atoms with Crippen LogP contribution < -0.4 is 0 Å². The lowest BCUT2D eigenvalue weighted by Gasteiger charge is -2.13. The molecule has 0 spiro atoms. The Bertz CT molecular complexity index is 3140. The molecule has 3 aromatic heterocycles. The molecule has 0 N–H and O–H groups in total. The number of para-hydroxylation sites is 3. The van der Waals surface area contributed by atoms with E-state index in [-0.39, 0.29) is 0 Å². The summed E-state index contributed by atoms with van der Waals surface area (Å²) in [5.41, 5.74) is 9.16. The van der Waals surface area contributed by atoms with Crippen LogP contribution in [0.1, 0.15) is 0 Å². The summed E-state index contributed by atoms with van der Waals surface area (Å²) < 4.78 is 8.86. The lowest BCUT2D eigenvalue weighted by Crippen LogP contribution is -2.03. The predicted molar refractivity (Wildman–Crippen MR) is 207 cm³/mol. The van der Waals surface area contributed by atoms with Crippen LogP contribution in [0.25, 0.3) is 105 Å². The van der Waals surface area contributed by atoms with Gasteiger partial charge in [0.2, 0.25) is 5.95 Å². The molecule has 0 saturated carbocycles. The van der Waals surface area contributed by atoms with Gasteiger partial charge < -0.3 is 4.42 Å². The average Bonchev–Trinajstić information content (AvgIpc) is 3.74. The fraction of sp³-hybridized carbons (Fsp3) is 0. The normalized spacial score (nSPS) is 12.0. The van der Waals surface area contributed by atoms with Crippen molar-refractivity contribution in [1.29, 1.82) is 0 Å². The van der Waals surface area contributed by atoms with Gasteiger partial charge in [-0.3, -0.25) is 4.57 Å². The van der Waals surface area contributed by atoms with Gasteiger partial charge >= 0.3 is 0 Å². The fourth-order valence-corrected chi connectivity index (χ4v) is 8.00. The highest BCUT2D eigenvalue weighted by Gasteiger charge is 2.24. The molecule has 50 heavy (non-hydrogen) atoms. The highest BCUT2D eigenvalue weighted by atomic mass is 16.3. The number of hydrogen-bond donors (Lipinski definition) is 0. The molecular weight excluding hydrogens is 611 g/mol. The Morgan fingerprint density at radius 2 is 1.08 bits per heavy atom. The molecule has 232 valence electrons. The Labute approximate surface area is 286 Å². The second-order valence-corrected chi connectivity index (χ2v) is 12.9. The molecule has 11 rings (SSSR count). The van der Waals surface area contributed by atoms with E-state index >= 15 is 0 Å². The van der Waals surface area contributed by atoms with Crippen LogP contribution in [0.5, 0.6) is 0 Å². The highest BCUT2D eigenvalue weighted by Crippen LogP contribution is 2.46. The van der Waals surface area contributed by atoms with Gasteiger partial charge in [0, 0.05) is 43.3 Å². The summed E-state index contributed by atoms with van der Waals surface area (Å²) in [6, 6.07) is 57.6. The van der Waals surface area contributed by atoms with Gasteiger partial charge in [-0.05, 0) is 40.1 Å². The maximum Gasteiger partial charge on any atom is 0.235 e. The molecule has 0 aliphatic carbocycles. The summed E-state index contributed by atoms with van der Waals surface area (Å²) in [6.45, 7) is 0. The molecule has 0 unspecified atom stereocenters. The minimum Gasteiger partial charge on any atom is -0.455 e. The van der Waals surface area contributed by atoms with E-state index in [0.717, 1.165) is 76.7 Å². The Hall–Kier alpha value is -6.78. The minimum absolute atomic E-state index is 0.639. The first-order chi connectivity index (χ1) is 24.8. The summed E-state index contributed by atoms with van der Waals surface area (Å²) in [7, 11) is 0. The SMILES string of the molecule is c1ccc2c(-c3ccc(-c4nc(-n5c6ccccc6c6c7c8ccccc8oc7c7ccccc7c65)nc5ccccc45)cc3)cccc2c1. The summed E-state index contributed by atoms with van der Waals surface area (Å²) in [5.74, 6) is 0.639. The van der Waals surface area contributed by atoms with E-state index in [4.69, 9.17) is 14.4 Å². The molecule has 0 fully saturated rings. The quantitative estimate of drug-likeness (QED) is 0.194. The van der Waals surface area contributed by atoms with E-state index in [9.17, 15) is 0 Å². The van der Waals surface area contributed by atoms with Crippen molar-refractivity contribution < 1.29 is 4.42 Å². The molecule has 0 bridgehead atoms. The Balaban J connectivity index is 1.21. The van der Waals surface area contributed by atoms with E-state index in [1.807, 2.05) is 6.07 Å². The van der Waals surface area contributed by atoms with Crippen LogP contribution in [0.2, 0.25) is 0 Å². The lowest BCUT2D eigenvalue weighted by molar-refractivity contribution is 0.673. The van der Waals surface area contributed by atoms with Gasteiger partial charge in [0.15, 0.2) is 0 Å². The summed E-state index contributed by atoms with van der Waals surface area (Å²) in [6.07, 6.45) is 0. The number of rotatable bonds is 3. The molecule has 4 heteroatoms. The third-order valence-corrected chi connectivity index (χ3v) is 10.2. The first-order valence-electron chi connectivity index (χ1n) is 16.9. The fourth-order valence-electron chi connectivity index (χ4n) is 8.00. The van der Waals surface area contributed by atoms with Crippen molar-refractivity contribution in [1.82, 2.24) is 14.5 Å². The van der Waals surface area contributed by atoms with E-state index in [2.05, 4.69) is 162 Å². The Morgan fingerprint density at radius 1 is 0.440 bits per heavy atom. The summed E-state index contributed by atoms with van der Waals surface area (Å²) in [5, 5.41) is 10.2. The van der Waals surface area contributed by atoms with Gasteiger partial charge in [0.05, 0.1) is 22.2 Å². The Kier molecular flexibility index (Phi) is 5.63. The third-order valence-electron chi connectivity index (χ3n) is 10.2. The zero-order valence-corrected chi connectivity index (χ0v) is 26.8. The number of hydrogen-bond acceptors (Lipinski definition) is 3. The second kappa shape index (κ2) is 10.4. The zero-order chi connectivity index (χ0) is 32.8. The van der Waals surface area contributed by atoms with Gasteiger partial charge in [-0.2, -0.15) is 0 Å². The van der Waals surface area contributed by atoms with Crippen molar-refractivity contribution in [2.75, 3.05) is 0 Å². The number of nitrogens with zero attached hydrogens (tertiary/aromatic N) is 3. The van der Waals surface area contributed by atoms with Crippen LogP contribution in [0, 0.1) is 0 Å². The minimum atomic E-state index is 0.639. The number of benzene rings is 8.